The van der Waals surface area contributed by atoms with Gasteiger partial charge in [-0.2, -0.15) is 0 Å². The van der Waals surface area contributed by atoms with E-state index in [0.29, 0.717) is 6.61 Å². The van der Waals surface area contributed by atoms with Crippen LogP contribution in [0.25, 0.3) is 10.4 Å². The Bertz CT molecular complexity index is 1050. The van der Waals surface area contributed by atoms with Gasteiger partial charge in [-0.25, -0.2) is 0 Å². The SMILES string of the molecule is [N-]=[N+]=N[C@@H]1[C@@H](OCc2ccccc2)[C@H](O)[C@@H](COCc2ccccc2)O[C@H]1Sc1ccccc1. The van der Waals surface area contributed by atoms with Crippen LogP contribution in [-0.4, -0.2) is 41.5 Å². The van der Waals surface area contributed by atoms with Crippen LogP contribution < -0.4 is 0 Å². The van der Waals surface area contributed by atoms with Crippen LogP contribution in [0.4, 0.5) is 0 Å². The number of ether oxygens (including phenoxy) is 3. The lowest BCUT2D eigenvalue weighted by Crippen LogP contribution is -2.57. The van der Waals surface area contributed by atoms with E-state index < -0.39 is 29.8 Å². The smallest absolute Gasteiger partial charge is 0.119 e. The maximum atomic E-state index is 11.2. The van der Waals surface area contributed by atoms with Crippen LogP contribution in [0.2, 0.25) is 0 Å². The second-order valence-electron chi connectivity index (χ2n) is 7.92. The summed E-state index contributed by atoms with van der Waals surface area (Å²) < 4.78 is 18.3. The predicted molar refractivity (Wildman–Crippen MR) is 131 cm³/mol. The molecule has 0 bridgehead atoms. The lowest BCUT2D eigenvalue weighted by molar-refractivity contribution is -0.190. The zero-order valence-electron chi connectivity index (χ0n) is 18.6. The molecule has 7 nitrogen and oxygen atoms in total. The van der Waals surface area contributed by atoms with Gasteiger partial charge in [0.25, 0.3) is 0 Å². The molecule has 3 aromatic carbocycles. The number of rotatable bonds is 10. The summed E-state index contributed by atoms with van der Waals surface area (Å²) in [6.07, 6.45) is -2.42. The van der Waals surface area contributed by atoms with Gasteiger partial charge in [0.2, 0.25) is 0 Å². The van der Waals surface area contributed by atoms with E-state index in [1.807, 2.05) is 91.0 Å². The number of nitrogens with zero attached hydrogens (tertiary/aromatic N) is 3. The van der Waals surface area contributed by atoms with Gasteiger partial charge >= 0.3 is 0 Å². The van der Waals surface area contributed by atoms with Gasteiger partial charge in [-0.1, -0.05) is 95.7 Å². The summed E-state index contributed by atoms with van der Waals surface area (Å²) in [5.74, 6) is 0. The Labute approximate surface area is 203 Å². The fourth-order valence-electron chi connectivity index (χ4n) is 3.78. The first kappa shape index (κ1) is 24.3. The Morgan fingerprint density at radius 3 is 2.09 bits per heavy atom. The maximum Gasteiger partial charge on any atom is 0.119 e. The topological polar surface area (TPSA) is 96.7 Å². The quantitative estimate of drug-likeness (QED) is 0.241. The predicted octanol–water partition coefficient (Wildman–Crippen LogP) is 5.35. The van der Waals surface area contributed by atoms with Crippen molar-refractivity contribution in [2.45, 2.75) is 47.9 Å². The molecule has 5 atom stereocenters. The Morgan fingerprint density at radius 1 is 0.882 bits per heavy atom. The minimum absolute atomic E-state index is 0.177. The van der Waals surface area contributed by atoms with Crippen LogP contribution in [0.3, 0.4) is 0 Å². The molecule has 4 rings (SSSR count). The molecule has 8 heteroatoms. The van der Waals surface area contributed by atoms with Crippen molar-refractivity contribution in [3.05, 3.63) is 113 Å². The first-order valence-electron chi connectivity index (χ1n) is 11.1. The number of hydrogen-bond donors (Lipinski definition) is 1. The van der Waals surface area contributed by atoms with Crippen molar-refractivity contribution < 1.29 is 19.3 Å². The first-order chi connectivity index (χ1) is 16.7. The third-order valence-corrected chi connectivity index (χ3v) is 6.67. The van der Waals surface area contributed by atoms with E-state index in [-0.39, 0.29) is 13.2 Å². The van der Waals surface area contributed by atoms with E-state index in [1.165, 1.54) is 11.8 Å². The number of hydrogen-bond acceptors (Lipinski definition) is 6. The molecule has 0 spiro atoms. The Kier molecular flexibility index (Phi) is 8.98. The fourth-order valence-corrected chi connectivity index (χ4v) is 4.91. The average Bonchev–Trinajstić information content (AvgIpc) is 2.88. The van der Waals surface area contributed by atoms with Crippen molar-refractivity contribution >= 4 is 11.8 Å². The normalized spacial score (nSPS) is 24.3. The first-order valence-corrected chi connectivity index (χ1v) is 12.0. The van der Waals surface area contributed by atoms with Crippen LogP contribution >= 0.6 is 11.8 Å². The molecule has 0 aliphatic carbocycles. The van der Waals surface area contributed by atoms with Gasteiger partial charge in [0.1, 0.15) is 23.7 Å². The van der Waals surface area contributed by atoms with Crippen molar-refractivity contribution in [2.75, 3.05) is 6.61 Å². The van der Waals surface area contributed by atoms with Crippen molar-refractivity contribution in [1.29, 1.82) is 0 Å². The number of aliphatic hydroxyl groups excluding tert-OH is 1. The summed E-state index contributed by atoms with van der Waals surface area (Å²) >= 11 is 1.44. The van der Waals surface area contributed by atoms with Crippen LogP contribution in [0.15, 0.2) is 101 Å². The summed E-state index contributed by atoms with van der Waals surface area (Å²) in [4.78, 5) is 3.99. The average molecular weight is 478 g/mol. The molecular formula is C26H27N3O4S. The Hall–Kier alpha value is -2.84. The number of thioether (sulfide) groups is 1. The molecule has 1 aliphatic rings. The van der Waals surface area contributed by atoms with Gasteiger partial charge in [0, 0.05) is 9.81 Å². The van der Waals surface area contributed by atoms with E-state index in [4.69, 9.17) is 14.2 Å². The largest absolute Gasteiger partial charge is 0.388 e. The molecule has 1 heterocycles. The van der Waals surface area contributed by atoms with Crippen LogP contribution in [-0.2, 0) is 27.4 Å². The molecule has 0 saturated carbocycles. The Balaban J connectivity index is 1.51. The van der Waals surface area contributed by atoms with Crippen molar-refractivity contribution in [3.63, 3.8) is 0 Å². The molecule has 1 N–H and O–H groups in total. The molecule has 0 unspecified atom stereocenters. The molecule has 34 heavy (non-hydrogen) atoms. The van der Waals surface area contributed by atoms with Crippen LogP contribution in [0, 0.1) is 0 Å². The molecule has 0 aromatic heterocycles. The van der Waals surface area contributed by atoms with E-state index in [0.717, 1.165) is 16.0 Å². The van der Waals surface area contributed by atoms with E-state index in [2.05, 4.69) is 10.0 Å². The molecule has 0 radical (unpaired) electrons. The van der Waals surface area contributed by atoms with Gasteiger partial charge in [0.15, 0.2) is 0 Å². The lowest BCUT2D eigenvalue weighted by Gasteiger charge is -2.42. The molecule has 176 valence electrons. The molecule has 1 saturated heterocycles. The third kappa shape index (κ3) is 6.61. The van der Waals surface area contributed by atoms with E-state index in [9.17, 15) is 10.6 Å². The lowest BCUT2D eigenvalue weighted by atomic mass is 9.98. The zero-order chi connectivity index (χ0) is 23.6. The van der Waals surface area contributed by atoms with Crippen molar-refractivity contribution in [1.82, 2.24) is 0 Å². The van der Waals surface area contributed by atoms with Crippen LogP contribution in [0.5, 0.6) is 0 Å². The molecular weight excluding hydrogens is 450 g/mol. The van der Waals surface area contributed by atoms with Gasteiger partial charge in [-0.3, -0.25) is 0 Å². The molecule has 3 aromatic rings. The second-order valence-corrected chi connectivity index (χ2v) is 9.09. The van der Waals surface area contributed by atoms with Crippen LogP contribution in [0.1, 0.15) is 11.1 Å². The number of benzene rings is 3. The highest BCUT2D eigenvalue weighted by molar-refractivity contribution is 7.99. The highest BCUT2D eigenvalue weighted by Gasteiger charge is 2.46. The fraction of sp³-hybridized carbons (Fsp3) is 0.308. The summed E-state index contributed by atoms with van der Waals surface area (Å²) in [5, 5.41) is 15.1. The third-order valence-electron chi connectivity index (χ3n) is 5.50. The molecule has 1 aliphatic heterocycles. The monoisotopic (exact) mass is 477 g/mol. The van der Waals surface area contributed by atoms with Gasteiger partial charge in [-0.15, -0.1) is 0 Å². The number of azide groups is 1. The highest BCUT2D eigenvalue weighted by Crippen LogP contribution is 2.36. The Morgan fingerprint density at radius 2 is 1.47 bits per heavy atom. The standard InChI is InChI=1S/C26H27N3O4S/c27-29-28-23-25(32-17-20-12-6-2-7-13-20)24(30)22(18-31-16-19-10-4-1-5-11-19)33-26(23)34-21-14-8-3-9-15-21/h1-15,22-26,30H,16-18H2/t22-,23-,24-,25-,26+/m1/s1. The van der Waals surface area contributed by atoms with E-state index >= 15 is 0 Å². The zero-order valence-corrected chi connectivity index (χ0v) is 19.4. The maximum absolute atomic E-state index is 11.2. The molecule has 0 amide bonds. The second kappa shape index (κ2) is 12.6. The molecule has 1 fully saturated rings. The van der Waals surface area contributed by atoms with Crippen molar-refractivity contribution in [2.24, 2.45) is 5.11 Å². The minimum Gasteiger partial charge on any atom is -0.388 e. The number of aliphatic hydroxyl groups is 1. The van der Waals surface area contributed by atoms with E-state index in [1.54, 1.807) is 0 Å². The van der Waals surface area contributed by atoms with Gasteiger partial charge < -0.3 is 19.3 Å². The van der Waals surface area contributed by atoms with Gasteiger partial charge in [-0.05, 0) is 28.8 Å². The minimum atomic E-state index is -1.03. The summed E-state index contributed by atoms with van der Waals surface area (Å²) in [7, 11) is 0. The van der Waals surface area contributed by atoms with Crippen molar-refractivity contribution in [3.8, 4) is 0 Å². The van der Waals surface area contributed by atoms with Gasteiger partial charge in [0.05, 0.1) is 25.9 Å². The summed E-state index contributed by atoms with van der Waals surface area (Å²) in [6, 6.07) is 28.5. The highest BCUT2D eigenvalue weighted by atomic mass is 32.2. The summed E-state index contributed by atoms with van der Waals surface area (Å²) in [5.41, 5.74) is 10.7. The summed E-state index contributed by atoms with van der Waals surface area (Å²) in [6.45, 7) is 0.857.